The van der Waals surface area contributed by atoms with Gasteiger partial charge in [-0.05, 0) is 32.9 Å². The molecule has 0 radical (unpaired) electrons. The number of amides is 2. The quantitative estimate of drug-likeness (QED) is 0.785. The van der Waals surface area contributed by atoms with E-state index in [1.165, 1.54) is 16.7 Å². The number of hydrogen-bond donors (Lipinski definition) is 0. The molecule has 0 bridgehead atoms. The van der Waals surface area contributed by atoms with Crippen molar-refractivity contribution >= 4 is 23.6 Å². The summed E-state index contributed by atoms with van der Waals surface area (Å²) in [6.07, 6.45) is 0. The number of hydrogen-bond acceptors (Lipinski definition) is 3. The van der Waals surface area contributed by atoms with E-state index < -0.39 is 0 Å². The summed E-state index contributed by atoms with van der Waals surface area (Å²) >= 11 is 1.36. The van der Waals surface area contributed by atoms with Crippen LogP contribution in [0.25, 0.3) is 0 Å². The molecule has 4 heteroatoms. The Hall–Kier alpha value is -1.55. The van der Waals surface area contributed by atoms with Crippen molar-refractivity contribution in [2.24, 2.45) is 0 Å². The van der Waals surface area contributed by atoms with E-state index >= 15 is 0 Å². The van der Waals surface area contributed by atoms with E-state index in [2.05, 4.69) is 0 Å². The molecule has 0 atom stereocenters. The van der Waals surface area contributed by atoms with Gasteiger partial charge in [-0.25, -0.2) is 0 Å². The molecule has 2 rings (SSSR count). The maximum Gasteiger partial charge on any atom is 0.268 e. The number of nitrogens with zero attached hydrogens (tertiary/aromatic N) is 1. The van der Waals surface area contributed by atoms with Gasteiger partial charge in [-0.1, -0.05) is 30.0 Å². The van der Waals surface area contributed by atoms with Crippen molar-refractivity contribution in [1.29, 1.82) is 0 Å². The summed E-state index contributed by atoms with van der Waals surface area (Å²) in [5.41, 5.74) is 0.544. The summed E-state index contributed by atoms with van der Waals surface area (Å²) in [7, 11) is 0. The first-order valence-corrected chi connectivity index (χ1v) is 6.65. The lowest BCUT2D eigenvalue weighted by atomic mass is 10.3. The summed E-state index contributed by atoms with van der Waals surface area (Å²) in [5.74, 6) is -0.352. The Morgan fingerprint density at radius 2 is 1.67 bits per heavy atom. The molecule has 1 heterocycles. The largest absolute Gasteiger partial charge is 0.272 e. The van der Waals surface area contributed by atoms with Crippen molar-refractivity contribution in [3.63, 3.8) is 0 Å². The predicted octanol–water partition coefficient (Wildman–Crippen LogP) is 2.83. The Morgan fingerprint density at radius 3 is 2.17 bits per heavy atom. The smallest absolute Gasteiger partial charge is 0.268 e. The lowest BCUT2D eigenvalue weighted by Crippen LogP contribution is -2.37. The first-order chi connectivity index (χ1) is 8.52. The third-order valence-corrected chi connectivity index (χ3v) is 3.97. The van der Waals surface area contributed by atoms with Crippen LogP contribution in [-0.2, 0) is 9.59 Å². The second-order valence-corrected chi connectivity index (χ2v) is 5.53. The molecule has 0 fully saturated rings. The van der Waals surface area contributed by atoms with Gasteiger partial charge in [0.1, 0.15) is 0 Å². The van der Waals surface area contributed by atoms with Crippen LogP contribution in [0.15, 0.2) is 45.7 Å². The first kappa shape index (κ1) is 12.9. The highest BCUT2D eigenvalue weighted by molar-refractivity contribution is 8.04. The van der Waals surface area contributed by atoms with Crippen LogP contribution in [0.4, 0.5) is 0 Å². The SMILES string of the molecule is CC1=C(Sc2ccccc2)C(=O)N(C(C)C)C1=O. The molecule has 3 nitrogen and oxygen atoms in total. The second kappa shape index (κ2) is 4.98. The Labute approximate surface area is 111 Å². The Balaban J connectivity index is 2.28. The van der Waals surface area contributed by atoms with Crippen LogP contribution in [0.5, 0.6) is 0 Å². The van der Waals surface area contributed by atoms with Crippen LogP contribution in [0.2, 0.25) is 0 Å². The van der Waals surface area contributed by atoms with E-state index in [-0.39, 0.29) is 17.9 Å². The monoisotopic (exact) mass is 261 g/mol. The molecule has 1 aliphatic rings. The molecule has 0 saturated carbocycles. The van der Waals surface area contributed by atoms with Gasteiger partial charge in [0, 0.05) is 16.5 Å². The summed E-state index contributed by atoms with van der Waals surface area (Å²) in [6.45, 7) is 5.41. The second-order valence-electron chi connectivity index (χ2n) is 4.44. The van der Waals surface area contributed by atoms with Gasteiger partial charge in [0.2, 0.25) is 0 Å². The third-order valence-electron chi connectivity index (χ3n) is 2.77. The van der Waals surface area contributed by atoms with E-state index in [1.54, 1.807) is 6.92 Å². The molecule has 0 aromatic heterocycles. The van der Waals surface area contributed by atoms with Crippen LogP contribution in [0.1, 0.15) is 20.8 Å². The fourth-order valence-corrected chi connectivity index (χ4v) is 2.79. The highest BCUT2D eigenvalue weighted by Crippen LogP contribution is 2.35. The van der Waals surface area contributed by atoms with Gasteiger partial charge in [-0.3, -0.25) is 14.5 Å². The zero-order chi connectivity index (χ0) is 13.3. The van der Waals surface area contributed by atoms with E-state index in [0.29, 0.717) is 10.5 Å². The van der Waals surface area contributed by atoms with Crippen LogP contribution in [0.3, 0.4) is 0 Å². The average molecular weight is 261 g/mol. The lowest BCUT2D eigenvalue weighted by molar-refractivity contribution is -0.139. The third kappa shape index (κ3) is 2.20. The van der Waals surface area contributed by atoms with Crippen molar-refractivity contribution < 1.29 is 9.59 Å². The number of thioether (sulfide) groups is 1. The summed E-state index contributed by atoms with van der Waals surface area (Å²) in [6, 6.07) is 9.52. The van der Waals surface area contributed by atoms with Gasteiger partial charge >= 0.3 is 0 Å². The van der Waals surface area contributed by atoms with Crippen LogP contribution < -0.4 is 0 Å². The molecule has 94 valence electrons. The van der Waals surface area contributed by atoms with E-state index in [4.69, 9.17) is 0 Å². The maximum absolute atomic E-state index is 12.2. The zero-order valence-corrected chi connectivity index (χ0v) is 11.5. The minimum Gasteiger partial charge on any atom is -0.272 e. The summed E-state index contributed by atoms with van der Waals surface area (Å²) in [5, 5.41) is 0. The van der Waals surface area contributed by atoms with E-state index in [9.17, 15) is 9.59 Å². The lowest BCUT2D eigenvalue weighted by Gasteiger charge is -2.18. The van der Waals surface area contributed by atoms with E-state index in [1.807, 2.05) is 44.2 Å². The number of carbonyl (C=O) groups excluding carboxylic acids is 2. The van der Waals surface area contributed by atoms with Crippen LogP contribution in [0, 0.1) is 0 Å². The molecule has 18 heavy (non-hydrogen) atoms. The molecule has 1 aromatic rings. The maximum atomic E-state index is 12.2. The van der Waals surface area contributed by atoms with Crippen molar-refractivity contribution in [2.75, 3.05) is 0 Å². The molecule has 0 unspecified atom stereocenters. The number of imide groups is 1. The van der Waals surface area contributed by atoms with Crippen molar-refractivity contribution in [1.82, 2.24) is 4.90 Å². The highest BCUT2D eigenvalue weighted by Gasteiger charge is 2.37. The topological polar surface area (TPSA) is 37.4 Å². The molecule has 1 aliphatic heterocycles. The average Bonchev–Trinajstić information content (AvgIpc) is 2.55. The molecule has 0 spiro atoms. The Bertz CT molecular complexity index is 520. The minimum atomic E-state index is -0.179. The predicted molar refractivity (Wildman–Crippen MR) is 72.0 cm³/mol. The Morgan fingerprint density at radius 1 is 1.06 bits per heavy atom. The molecule has 0 saturated heterocycles. The van der Waals surface area contributed by atoms with Gasteiger partial charge in [0.25, 0.3) is 11.8 Å². The van der Waals surface area contributed by atoms with Gasteiger partial charge in [-0.15, -0.1) is 0 Å². The fourth-order valence-electron chi connectivity index (χ4n) is 1.84. The molecule has 0 aliphatic carbocycles. The van der Waals surface area contributed by atoms with Crippen molar-refractivity contribution in [3.05, 3.63) is 40.8 Å². The van der Waals surface area contributed by atoms with Crippen LogP contribution >= 0.6 is 11.8 Å². The normalized spacial score (nSPS) is 16.1. The summed E-state index contributed by atoms with van der Waals surface area (Å²) < 4.78 is 0. The van der Waals surface area contributed by atoms with E-state index in [0.717, 1.165) is 4.90 Å². The van der Waals surface area contributed by atoms with Crippen molar-refractivity contribution in [2.45, 2.75) is 31.7 Å². The first-order valence-electron chi connectivity index (χ1n) is 5.84. The van der Waals surface area contributed by atoms with Gasteiger partial charge in [0.15, 0.2) is 0 Å². The molecular weight excluding hydrogens is 246 g/mol. The molecule has 1 aromatic carbocycles. The van der Waals surface area contributed by atoms with Crippen molar-refractivity contribution in [3.8, 4) is 0 Å². The molecule has 2 amide bonds. The number of benzene rings is 1. The molecule has 0 N–H and O–H groups in total. The minimum absolute atomic E-state index is 0.103. The summed E-state index contributed by atoms with van der Waals surface area (Å²) in [4.78, 5) is 27.0. The zero-order valence-electron chi connectivity index (χ0n) is 10.6. The fraction of sp³-hybridized carbons (Fsp3) is 0.286. The highest BCUT2D eigenvalue weighted by atomic mass is 32.2. The number of carbonyl (C=O) groups is 2. The Kier molecular flexibility index (Phi) is 3.57. The number of rotatable bonds is 3. The molecular formula is C14H15NO2S. The van der Waals surface area contributed by atoms with Gasteiger partial charge in [-0.2, -0.15) is 0 Å². The van der Waals surface area contributed by atoms with Gasteiger partial charge < -0.3 is 0 Å². The standard InChI is InChI=1S/C14H15NO2S/c1-9(2)15-13(16)10(3)12(14(15)17)18-11-7-5-4-6-8-11/h4-9H,1-3H3. The van der Waals surface area contributed by atoms with Crippen LogP contribution in [-0.4, -0.2) is 22.8 Å². The van der Waals surface area contributed by atoms with Gasteiger partial charge in [0.05, 0.1) is 4.91 Å².